The lowest BCUT2D eigenvalue weighted by Crippen LogP contribution is -2.22. The highest BCUT2D eigenvalue weighted by Crippen LogP contribution is 2.23. The van der Waals surface area contributed by atoms with Crippen LogP contribution in [0.3, 0.4) is 0 Å². The first-order valence-corrected chi connectivity index (χ1v) is 12.2. The summed E-state index contributed by atoms with van der Waals surface area (Å²) in [6.07, 6.45) is 1.16. The summed E-state index contributed by atoms with van der Waals surface area (Å²) < 4.78 is 7.12. The van der Waals surface area contributed by atoms with Gasteiger partial charge in [0.05, 0.1) is 15.6 Å². The maximum Gasteiger partial charge on any atom is 0.288 e. The average Bonchev–Trinajstić information content (AvgIpc) is 2.88. The summed E-state index contributed by atoms with van der Waals surface area (Å²) in [5.74, 6) is -0.261. The highest BCUT2D eigenvalue weighted by Gasteiger charge is 2.20. The van der Waals surface area contributed by atoms with Crippen LogP contribution in [0.5, 0.6) is 0 Å². The zero-order valence-electron chi connectivity index (χ0n) is 13.8. The molecule has 0 aliphatic rings. The molecule has 2 rings (SSSR count). The number of ketones is 1. The second-order valence-electron chi connectivity index (χ2n) is 6.57. The van der Waals surface area contributed by atoms with Gasteiger partial charge in [-0.25, -0.2) is 9.67 Å². The minimum atomic E-state index is -1.19. The van der Waals surface area contributed by atoms with Gasteiger partial charge in [0.25, 0.3) is 5.69 Å². The van der Waals surface area contributed by atoms with Crippen LogP contribution in [0.1, 0.15) is 10.5 Å². The van der Waals surface area contributed by atoms with Crippen molar-refractivity contribution in [1.29, 1.82) is 0 Å². The molecule has 8 nitrogen and oxygen atoms in total. The Hall–Kier alpha value is -1.65. The minimum Gasteiger partial charge on any atom is -0.359 e. The van der Waals surface area contributed by atoms with Crippen molar-refractivity contribution >= 4 is 46.5 Å². The standard InChI is InChI=1S/C14H19BrN4O4Si/c1-24(2,3)5-4-23-9-18-14-11(13(17-18)12(20)7-15)6-10(8-16-14)19(21)22/h6,8H,4-5,7,9H2,1-3H3. The van der Waals surface area contributed by atoms with Gasteiger partial charge in [0, 0.05) is 20.7 Å². The number of hydrogen-bond donors (Lipinski definition) is 0. The van der Waals surface area contributed by atoms with Crippen LogP contribution in [0.15, 0.2) is 12.3 Å². The zero-order valence-corrected chi connectivity index (χ0v) is 16.4. The second kappa shape index (κ2) is 7.49. The lowest BCUT2D eigenvalue weighted by Gasteiger charge is -2.15. The van der Waals surface area contributed by atoms with Crippen LogP contribution < -0.4 is 0 Å². The van der Waals surface area contributed by atoms with Gasteiger partial charge in [-0.1, -0.05) is 35.6 Å². The Balaban J connectivity index is 2.30. The molecule has 0 N–H and O–H groups in total. The summed E-state index contributed by atoms with van der Waals surface area (Å²) in [6, 6.07) is 2.34. The average molecular weight is 415 g/mol. The molecule has 0 saturated carbocycles. The van der Waals surface area contributed by atoms with Crippen molar-refractivity contribution in [2.45, 2.75) is 32.4 Å². The van der Waals surface area contributed by atoms with E-state index < -0.39 is 13.0 Å². The molecule has 10 heteroatoms. The lowest BCUT2D eigenvalue weighted by molar-refractivity contribution is -0.385. The topological polar surface area (TPSA) is 100 Å². The van der Waals surface area contributed by atoms with Gasteiger partial charge in [0.1, 0.15) is 18.6 Å². The van der Waals surface area contributed by atoms with Gasteiger partial charge in [-0.05, 0) is 6.04 Å². The maximum atomic E-state index is 12.0. The van der Waals surface area contributed by atoms with Crippen molar-refractivity contribution in [3.05, 3.63) is 28.1 Å². The van der Waals surface area contributed by atoms with Crippen LogP contribution in [0.25, 0.3) is 11.0 Å². The molecule has 0 fully saturated rings. The number of alkyl halides is 1. The summed E-state index contributed by atoms with van der Waals surface area (Å²) >= 11 is 3.10. The highest BCUT2D eigenvalue weighted by molar-refractivity contribution is 9.09. The monoisotopic (exact) mass is 414 g/mol. The van der Waals surface area contributed by atoms with Crippen molar-refractivity contribution in [2.24, 2.45) is 0 Å². The molecule has 0 saturated heterocycles. The van der Waals surface area contributed by atoms with Crippen molar-refractivity contribution < 1.29 is 14.5 Å². The van der Waals surface area contributed by atoms with Crippen molar-refractivity contribution in [1.82, 2.24) is 14.8 Å². The van der Waals surface area contributed by atoms with E-state index in [9.17, 15) is 14.9 Å². The van der Waals surface area contributed by atoms with Gasteiger partial charge in [0.15, 0.2) is 11.4 Å². The van der Waals surface area contributed by atoms with Crippen molar-refractivity contribution in [3.8, 4) is 0 Å². The molecule has 24 heavy (non-hydrogen) atoms. The SMILES string of the molecule is C[Si](C)(C)CCOCn1nc(C(=O)CBr)c2cc([N+](=O)[O-])cnc21. The van der Waals surface area contributed by atoms with Crippen LogP contribution >= 0.6 is 15.9 Å². The molecule has 0 amide bonds. The molecule has 2 aromatic heterocycles. The van der Waals surface area contributed by atoms with E-state index in [-0.39, 0.29) is 29.2 Å². The predicted octanol–water partition coefficient (Wildman–Crippen LogP) is 3.23. The molecule has 0 aliphatic heterocycles. The van der Waals surface area contributed by atoms with Crippen LogP contribution in [-0.4, -0.2) is 45.5 Å². The largest absolute Gasteiger partial charge is 0.359 e. The molecule has 0 spiro atoms. The van der Waals surface area contributed by atoms with Crippen LogP contribution in [0, 0.1) is 10.1 Å². The Kier molecular flexibility index (Phi) is 5.83. The molecule has 0 unspecified atom stereocenters. The molecule has 130 valence electrons. The Labute approximate surface area is 148 Å². The number of nitro groups is 1. The normalized spacial score (nSPS) is 11.8. The molecule has 0 bridgehead atoms. The van der Waals surface area contributed by atoms with E-state index in [2.05, 4.69) is 45.7 Å². The quantitative estimate of drug-likeness (QED) is 0.164. The van der Waals surface area contributed by atoms with Gasteiger partial charge in [-0.2, -0.15) is 5.10 Å². The number of Topliss-reactive ketones (excluding diaryl/α,β-unsaturated/α-hetero) is 1. The Morgan fingerprint density at radius 2 is 2.17 bits per heavy atom. The number of rotatable bonds is 8. The first kappa shape index (κ1) is 18.7. The summed E-state index contributed by atoms with van der Waals surface area (Å²) in [5.41, 5.74) is 0.384. The second-order valence-corrected chi connectivity index (χ2v) is 12.8. The van der Waals surface area contributed by atoms with E-state index >= 15 is 0 Å². The van der Waals surface area contributed by atoms with Crippen LogP contribution in [0.4, 0.5) is 5.69 Å². The third-order valence-corrected chi connectivity index (χ3v) is 5.59. The Bertz CT molecular complexity index is 772. The van der Waals surface area contributed by atoms with Gasteiger partial charge < -0.3 is 4.74 Å². The summed E-state index contributed by atoms with van der Waals surface area (Å²) in [6.45, 7) is 7.53. The zero-order chi connectivity index (χ0) is 17.9. The van der Waals surface area contributed by atoms with Crippen LogP contribution in [0.2, 0.25) is 25.7 Å². The van der Waals surface area contributed by atoms with Gasteiger partial charge in [-0.15, -0.1) is 0 Å². The van der Waals surface area contributed by atoms with E-state index in [1.165, 1.54) is 10.7 Å². The number of hydrogen-bond acceptors (Lipinski definition) is 6. The molecular formula is C14H19BrN4O4Si. The number of pyridine rings is 1. The number of carbonyl (C=O) groups excluding carboxylic acids is 1. The highest BCUT2D eigenvalue weighted by atomic mass is 79.9. The third-order valence-electron chi connectivity index (χ3n) is 3.38. The first-order valence-electron chi connectivity index (χ1n) is 7.41. The lowest BCUT2D eigenvalue weighted by atomic mass is 10.2. The number of ether oxygens (including phenoxy) is 1. The number of nitrogens with zero attached hydrogens (tertiary/aromatic N) is 4. The number of aromatic nitrogens is 3. The van der Waals surface area contributed by atoms with Gasteiger partial charge in [0.2, 0.25) is 0 Å². The molecule has 0 aromatic carbocycles. The number of carbonyl (C=O) groups is 1. The smallest absolute Gasteiger partial charge is 0.288 e. The minimum absolute atomic E-state index is 0.0816. The van der Waals surface area contributed by atoms with Crippen molar-refractivity contribution in [2.75, 3.05) is 11.9 Å². The molecule has 2 heterocycles. The summed E-state index contributed by atoms with van der Waals surface area (Å²) in [4.78, 5) is 26.5. The van der Waals surface area contributed by atoms with E-state index in [4.69, 9.17) is 4.74 Å². The molecule has 0 radical (unpaired) electrons. The van der Waals surface area contributed by atoms with E-state index in [1.54, 1.807) is 0 Å². The first-order chi connectivity index (χ1) is 11.2. The number of fused-ring (bicyclic) bond motifs is 1. The van der Waals surface area contributed by atoms with E-state index in [1.807, 2.05) is 0 Å². The third kappa shape index (κ3) is 4.45. The molecule has 2 aromatic rings. The van der Waals surface area contributed by atoms with Gasteiger partial charge >= 0.3 is 0 Å². The van der Waals surface area contributed by atoms with E-state index in [0.717, 1.165) is 12.2 Å². The fraction of sp³-hybridized carbons (Fsp3) is 0.500. The Morgan fingerprint density at radius 3 is 2.75 bits per heavy atom. The predicted molar refractivity (Wildman–Crippen MR) is 96.4 cm³/mol. The fourth-order valence-corrected chi connectivity index (χ4v) is 3.06. The van der Waals surface area contributed by atoms with Crippen molar-refractivity contribution in [3.63, 3.8) is 0 Å². The maximum absolute atomic E-state index is 12.0. The molecular weight excluding hydrogens is 396 g/mol. The fourth-order valence-electron chi connectivity index (χ4n) is 2.04. The summed E-state index contributed by atoms with van der Waals surface area (Å²) in [5, 5.41) is 15.6. The Morgan fingerprint density at radius 1 is 1.46 bits per heavy atom. The summed E-state index contributed by atoms with van der Waals surface area (Å²) in [7, 11) is -1.19. The van der Waals surface area contributed by atoms with Crippen LogP contribution in [-0.2, 0) is 11.5 Å². The molecule has 0 atom stereocenters. The van der Waals surface area contributed by atoms with E-state index in [0.29, 0.717) is 17.6 Å². The van der Waals surface area contributed by atoms with Gasteiger partial charge in [-0.3, -0.25) is 14.9 Å². The number of halogens is 1. The molecule has 0 aliphatic carbocycles.